The summed E-state index contributed by atoms with van der Waals surface area (Å²) < 4.78 is 1.79. The third kappa shape index (κ3) is 2.96. The number of aryl methyl sites for hydroxylation is 1. The van der Waals surface area contributed by atoms with Crippen molar-refractivity contribution in [3.05, 3.63) is 39.9 Å². The third-order valence-electron chi connectivity index (χ3n) is 5.47. The molecule has 0 aliphatic carbocycles. The fourth-order valence-electron chi connectivity index (χ4n) is 4.39. The molecule has 2 aliphatic rings. The van der Waals surface area contributed by atoms with Crippen molar-refractivity contribution in [1.29, 1.82) is 0 Å². The largest absolute Gasteiger partial charge is 0.338 e. The first-order valence-electron chi connectivity index (χ1n) is 9.35. The van der Waals surface area contributed by atoms with Crippen molar-refractivity contribution in [3.8, 4) is 0 Å². The molecule has 0 saturated carbocycles. The van der Waals surface area contributed by atoms with E-state index in [-0.39, 0.29) is 11.5 Å². The number of benzene rings is 1. The maximum atomic E-state index is 12.9. The molecule has 0 N–H and O–H groups in total. The summed E-state index contributed by atoms with van der Waals surface area (Å²) in [4.78, 5) is 32.2. The number of carbonyl (C=O) groups excluding carboxylic acids is 1. The molecule has 0 bridgehead atoms. The van der Waals surface area contributed by atoms with Crippen molar-refractivity contribution in [2.24, 2.45) is 11.8 Å². The second-order valence-corrected chi connectivity index (χ2v) is 7.83. The molecule has 2 unspecified atom stereocenters. The predicted molar refractivity (Wildman–Crippen MR) is 97.8 cm³/mol. The Labute approximate surface area is 147 Å². The van der Waals surface area contributed by atoms with Crippen LogP contribution >= 0.6 is 0 Å². The fraction of sp³-hybridized carbons (Fsp3) is 0.550. The van der Waals surface area contributed by atoms with E-state index in [1.54, 1.807) is 22.8 Å². The van der Waals surface area contributed by atoms with Crippen molar-refractivity contribution in [3.63, 3.8) is 0 Å². The smallest absolute Gasteiger partial charge is 0.261 e. The molecule has 1 saturated heterocycles. The first-order valence-corrected chi connectivity index (χ1v) is 9.35. The SMILES string of the molecule is CC1CC(C)CN(C(=O)c2ccc3c(=O)n4c(nc3c2)CCCC4)C1. The molecule has 0 radical (unpaired) electrons. The Morgan fingerprint density at radius 2 is 1.92 bits per heavy atom. The molecule has 2 atom stereocenters. The molecule has 5 nitrogen and oxygen atoms in total. The predicted octanol–water partition coefficient (Wildman–Crippen LogP) is 2.85. The van der Waals surface area contributed by atoms with Gasteiger partial charge in [0.05, 0.1) is 10.9 Å². The van der Waals surface area contributed by atoms with E-state index >= 15 is 0 Å². The summed E-state index contributed by atoms with van der Waals surface area (Å²) >= 11 is 0. The van der Waals surface area contributed by atoms with Crippen molar-refractivity contribution < 1.29 is 4.79 Å². The highest BCUT2D eigenvalue weighted by Gasteiger charge is 2.26. The first-order chi connectivity index (χ1) is 12.0. The molecule has 0 spiro atoms. The molecule has 4 rings (SSSR count). The Morgan fingerprint density at radius 3 is 2.68 bits per heavy atom. The Balaban J connectivity index is 1.71. The molecular weight excluding hydrogens is 314 g/mol. The number of amides is 1. The maximum absolute atomic E-state index is 12.9. The quantitative estimate of drug-likeness (QED) is 0.803. The second-order valence-electron chi connectivity index (χ2n) is 7.83. The Hall–Kier alpha value is -2.17. The van der Waals surface area contributed by atoms with Gasteiger partial charge in [0.25, 0.3) is 11.5 Å². The van der Waals surface area contributed by atoms with Crippen LogP contribution in [0.3, 0.4) is 0 Å². The van der Waals surface area contributed by atoms with E-state index in [1.807, 2.05) is 4.90 Å². The van der Waals surface area contributed by atoms with Gasteiger partial charge in [-0.05, 0) is 49.3 Å². The average Bonchev–Trinajstić information content (AvgIpc) is 2.60. The van der Waals surface area contributed by atoms with Crippen LogP contribution in [0.4, 0.5) is 0 Å². The number of nitrogens with zero attached hydrogens (tertiary/aromatic N) is 3. The van der Waals surface area contributed by atoms with Crippen LogP contribution in [0.1, 0.15) is 49.3 Å². The summed E-state index contributed by atoms with van der Waals surface area (Å²) in [5, 5.41) is 0.614. The molecule has 132 valence electrons. The molecule has 5 heteroatoms. The number of likely N-dealkylation sites (tertiary alicyclic amines) is 1. The Kier molecular flexibility index (Phi) is 4.10. The summed E-state index contributed by atoms with van der Waals surface area (Å²) in [5.74, 6) is 1.97. The van der Waals surface area contributed by atoms with Crippen LogP contribution in [0.15, 0.2) is 23.0 Å². The van der Waals surface area contributed by atoms with Gasteiger partial charge in [0.1, 0.15) is 5.82 Å². The summed E-state index contributed by atoms with van der Waals surface area (Å²) in [6.07, 6.45) is 4.11. The van der Waals surface area contributed by atoms with E-state index in [0.29, 0.717) is 28.3 Å². The van der Waals surface area contributed by atoms with Crippen LogP contribution in [0.2, 0.25) is 0 Å². The van der Waals surface area contributed by atoms with Crippen LogP contribution in [0.25, 0.3) is 10.9 Å². The van der Waals surface area contributed by atoms with Crippen molar-refractivity contribution >= 4 is 16.8 Å². The van der Waals surface area contributed by atoms with Gasteiger partial charge < -0.3 is 4.90 Å². The molecule has 1 aromatic heterocycles. The monoisotopic (exact) mass is 339 g/mol. The fourth-order valence-corrected chi connectivity index (χ4v) is 4.39. The van der Waals surface area contributed by atoms with Gasteiger partial charge in [-0.3, -0.25) is 14.2 Å². The topological polar surface area (TPSA) is 55.2 Å². The van der Waals surface area contributed by atoms with E-state index in [0.717, 1.165) is 44.7 Å². The summed E-state index contributed by atoms with van der Waals surface area (Å²) in [5.41, 5.74) is 1.32. The van der Waals surface area contributed by atoms with Gasteiger partial charge in [0.2, 0.25) is 0 Å². The van der Waals surface area contributed by atoms with Gasteiger partial charge in [-0.25, -0.2) is 4.98 Å². The highest BCUT2D eigenvalue weighted by Crippen LogP contribution is 2.23. The Morgan fingerprint density at radius 1 is 1.16 bits per heavy atom. The third-order valence-corrected chi connectivity index (χ3v) is 5.47. The second kappa shape index (κ2) is 6.28. The molecule has 3 heterocycles. The van der Waals surface area contributed by atoms with Gasteiger partial charge in [-0.15, -0.1) is 0 Å². The molecule has 1 fully saturated rings. The Bertz CT molecular complexity index is 876. The zero-order chi connectivity index (χ0) is 17.6. The lowest BCUT2D eigenvalue weighted by atomic mass is 9.91. The van der Waals surface area contributed by atoms with Crippen LogP contribution < -0.4 is 5.56 Å². The van der Waals surface area contributed by atoms with Crippen LogP contribution in [0, 0.1) is 11.8 Å². The lowest BCUT2D eigenvalue weighted by Gasteiger charge is -2.35. The van der Waals surface area contributed by atoms with Crippen molar-refractivity contribution in [2.75, 3.05) is 13.1 Å². The summed E-state index contributed by atoms with van der Waals surface area (Å²) in [6.45, 7) is 6.76. The first kappa shape index (κ1) is 16.3. The molecule has 1 aromatic carbocycles. The van der Waals surface area contributed by atoms with Crippen LogP contribution in [0.5, 0.6) is 0 Å². The number of aromatic nitrogens is 2. The number of hydrogen-bond acceptors (Lipinski definition) is 3. The lowest BCUT2D eigenvalue weighted by Crippen LogP contribution is -2.42. The summed E-state index contributed by atoms with van der Waals surface area (Å²) in [6, 6.07) is 5.36. The maximum Gasteiger partial charge on any atom is 0.261 e. The highest BCUT2D eigenvalue weighted by atomic mass is 16.2. The van der Waals surface area contributed by atoms with E-state index < -0.39 is 0 Å². The molecular formula is C20H25N3O2. The molecule has 25 heavy (non-hydrogen) atoms. The number of rotatable bonds is 1. The van der Waals surface area contributed by atoms with Crippen molar-refractivity contribution in [2.45, 2.75) is 46.1 Å². The average molecular weight is 339 g/mol. The molecule has 1 amide bonds. The minimum atomic E-state index is 0.0268. The normalized spacial score (nSPS) is 23.5. The summed E-state index contributed by atoms with van der Waals surface area (Å²) in [7, 11) is 0. The van der Waals surface area contributed by atoms with Gasteiger partial charge >= 0.3 is 0 Å². The minimum Gasteiger partial charge on any atom is -0.338 e. The zero-order valence-electron chi connectivity index (χ0n) is 15.0. The highest BCUT2D eigenvalue weighted by molar-refractivity contribution is 5.97. The van der Waals surface area contributed by atoms with Gasteiger partial charge in [-0.2, -0.15) is 0 Å². The minimum absolute atomic E-state index is 0.0268. The number of piperidine rings is 1. The standard InChI is InChI=1S/C20H25N3O2/c1-13-9-14(2)12-22(11-13)19(24)15-6-7-16-17(10-15)21-18-5-3-4-8-23(18)20(16)25/h6-7,10,13-14H,3-5,8-9,11-12H2,1-2H3. The van der Waals surface area contributed by atoms with Crippen LogP contribution in [-0.4, -0.2) is 33.4 Å². The number of carbonyl (C=O) groups is 1. The van der Waals surface area contributed by atoms with E-state index in [4.69, 9.17) is 0 Å². The zero-order valence-corrected chi connectivity index (χ0v) is 15.0. The van der Waals surface area contributed by atoms with E-state index in [9.17, 15) is 9.59 Å². The van der Waals surface area contributed by atoms with E-state index in [2.05, 4.69) is 18.8 Å². The molecule has 2 aliphatic heterocycles. The number of hydrogen-bond donors (Lipinski definition) is 0. The van der Waals surface area contributed by atoms with Crippen molar-refractivity contribution in [1.82, 2.24) is 14.5 Å². The lowest BCUT2D eigenvalue weighted by molar-refractivity contribution is 0.0623. The number of fused-ring (bicyclic) bond motifs is 2. The van der Waals surface area contributed by atoms with Gasteiger partial charge in [0, 0.05) is 31.6 Å². The molecule has 2 aromatic rings. The van der Waals surface area contributed by atoms with Gasteiger partial charge in [-0.1, -0.05) is 13.8 Å². The van der Waals surface area contributed by atoms with E-state index in [1.165, 1.54) is 6.42 Å². The van der Waals surface area contributed by atoms with Gasteiger partial charge in [0.15, 0.2) is 0 Å². The van der Waals surface area contributed by atoms with Crippen LogP contribution in [-0.2, 0) is 13.0 Å².